The van der Waals surface area contributed by atoms with Crippen molar-refractivity contribution >= 4 is 49.4 Å². The molecule has 2 heterocycles. The molecule has 0 aliphatic carbocycles. The van der Waals surface area contributed by atoms with Crippen LogP contribution < -0.4 is 5.73 Å². The lowest BCUT2D eigenvalue weighted by molar-refractivity contribution is 0.0940. The van der Waals surface area contributed by atoms with Gasteiger partial charge in [0.25, 0.3) is 5.91 Å². The molecule has 2 N–H and O–H groups in total. The smallest absolute Gasteiger partial charge is 0.298 e. The first-order valence-electron chi connectivity index (χ1n) is 6.73. The van der Waals surface area contributed by atoms with Gasteiger partial charge in [-0.05, 0) is 30.3 Å². The highest BCUT2D eigenvalue weighted by molar-refractivity contribution is 9.10. The maximum atomic E-state index is 12.7. The zero-order valence-corrected chi connectivity index (χ0v) is 13.0. The molecule has 0 atom stereocenters. The standard InChI is InChI=1S/C17H11BrN2O2/c18-11-6-5-10-7-16(22-15(10)8-11)17(21)20-9-13(19)12-3-1-2-4-14(12)20/h1-9H,19H2. The second-order valence-corrected chi connectivity index (χ2v) is 5.99. The summed E-state index contributed by atoms with van der Waals surface area (Å²) in [6.07, 6.45) is 1.64. The van der Waals surface area contributed by atoms with E-state index in [0.29, 0.717) is 11.3 Å². The van der Waals surface area contributed by atoms with Crippen LogP contribution in [0.1, 0.15) is 10.6 Å². The average Bonchev–Trinajstić information content (AvgIpc) is 3.08. The predicted molar refractivity (Wildman–Crippen MR) is 90.0 cm³/mol. The van der Waals surface area contributed by atoms with Crippen molar-refractivity contribution in [3.8, 4) is 0 Å². The third-order valence-corrected chi connectivity index (χ3v) is 4.15. The van der Waals surface area contributed by atoms with Crippen LogP contribution in [0, 0.1) is 0 Å². The largest absolute Gasteiger partial charge is 0.451 e. The van der Waals surface area contributed by atoms with Crippen LogP contribution in [0.15, 0.2) is 63.6 Å². The Morgan fingerprint density at radius 3 is 2.82 bits per heavy atom. The van der Waals surface area contributed by atoms with Crippen molar-refractivity contribution in [2.45, 2.75) is 0 Å². The van der Waals surface area contributed by atoms with Gasteiger partial charge < -0.3 is 10.2 Å². The molecule has 0 fully saturated rings. The van der Waals surface area contributed by atoms with E-state index in [1.807, 2.05) is 42.5 Å². The number of halogens is 1. The summed E-state index contributed by atoms with van der Waals surface area (Å²) in [4.78, 5) is 12.7. The molecule has 0 saturated carbocycles. The normalized spacial score (nSPS) is 11.3. The number of nitrogen functional groups attached to an aromatic ring is 1. The van der Waals surface area contributed by atoms with Gasteiger partial charge in [-0.25, -0.2) is 0 Å². The van der Waals surface area contributed by atoms with E-state index in [1.54, 1.807) is 12.3 Å². The van der Waals surface area contributed by atoms with E-state index in [-0.39, 0.29) is 11.7 Å². The Morgan fingerprint density at radius 1 is 1.14 bits per heavy atom. The van der Waals surface area contributed by atoms with E-state index in [0.717, 1.165) is 20.8 Å². The van der Waals surface area contributed by atoms with Crippen LogP contribution in [0.4, 0.5) is 5.69 Å². The molecule has 2 aromatic heterocycles. The number of hydrogen-bond acceptors (Lipinski definition) is 3. The first-order chi connectivity index (χ1) is 10.6. The van der Waals surface area contributed by atoms with Gasteiger partial charge in [0.1, 0.15) is 5.58 Å². The molecule has 0 aliphatic heterocycles. The number of rotatable bonds is 1. The zero-order chi connectivity index (χ0) is 15.3. The summed E-state index contributed by atoms with van der Waals surface area (Å²) < 4.78 is 8.11. The summed E-state index contributed by atoms with van der Waals surface area (Å²) in [5.74, 6) is 0.0501. The Balaban J connectivity index is 1.88. The quantitative estimate of drug-likeness (QED) is 0.550. The van der Waals surface area contributed by atoms with Gasteiger partial charge in [0.15, 0.2) is 5.76 Å². The molecule has 5 heteroatoms. The molecule has 22 heavy (non-hydrogen) atoms. The van der Waals surface area contributed by atoms with Crippen molar-refractivity contribution in [1.29, 1.82) is 0 Å². The molecule has 0 radical (unpaired) electrons. The molecular formula is C17H11BrN2O2. The minimum atomic E-state index is -0.236. The maximum Gasteiger partial charge on any atom is 0.298 e. The lowest BCUT2D eigenvalue weighted by Gasteiger charge is -2.00. The maximum absolute atomic E-state index is 12.7. The number of aromatic nitrogens is 1. The lowest BCUT2D eigenvalue weighted by Crippen LogP contribution is -2.09. The number of furan rings is 1. The number of hydrogen-bond donors (Lipinski definition) is 1. The third kappa shape index (κ3) is 1.94. The van der Waals surface area contributed by atoms with E-state index < -0.39 is 0 Å². The second kappa shape index (κ2) is 4.74. The SMILES string of the molecule is Nc1cn(C(=O)c2cc3ccc(Br)cc3o2)c2ccccc12. The molecule has 2 aromatic carbocycles. The van der Waals surface area contributed by atoms with E-state index in [9.17, 15) is 4.79 Å². The number of fused-ring (bicyclic) bond motifs is 2. The third-order valence-electron chi connectivity index (χ3n) is 3.65. The van der Waals surface area contributed by atoms with Crippen LogP contribution in [0.25, 0.3) is 21.9 Å². The van der Waals surface area contributed by atoms with Gasteiger partial charge in [0, 0.05) is 21.4 Å². The number of para-hydroxylation sites is 1. The highest BCUT2D eigenvalue weighted by Crippen LogP contribution is 2.27. The van der Waals surface area contributed by atoms with Crippen molar-refractivity contribution in [2.75, 3.05) is 5.73 Å². The first kappa shape index (κ1) is 13.2. The number of anilines is 1. The van der Waals surface area contributed by atoms with Gasteiger partial charge in [-0.3, -0.25) is 9.36 Å². The summed E-state index contributed by atoms with van der Waals surface area (Å²) in [5, 5.41) is 1.74. The monoisotopic (exact) mass is 354 g/mol. The van der Waals surface area contributed by atoms with Crippen LogP contribution in [0.5, 0.6) is 0 Å². The van der Waals surface area contributed by atoms with Crippen LogP contribution in [0.2, 0.25) is 0 Å². The molecule has 0 amide bonds. The number of carbonyl (C=O) groups is 1. The lowest BCUT2D eigenvalue weighted by atomic mass is 10.2. The van der Waals surface area contributed by atoms with Crippen molar-refractivity contribution in [1.82, 2.24) is 4.57 Å². The Labute approximate surface area is 134 Å². The fourth-order valence-corrected chi connectivity index (χ4v) is 2.94. The number of carbonyl (C=O) groups excluding carboxylic acids is 1. The van der Waals surface area contributed by atoms with E-state index in [1.165, 1.54) is 4.57 Å². The molecule has 0 aliphatic rings. The van der Waals surface area contributed by atoms with E-state index >= 15 is 0 Å². The van der Waals surface area contributed by atoms with Gasteiger partial charge in [-0.15, -0.1) is 0 Å². The molecular weight excluding hydrogens is 344 g/mol. The molecule has 4 rings (SSSR count). The van der Waals surface area contributed by atoms with Crippen LogP contribution in [0.3, 0.4) is 0 Å². The van der Waals surface area contributed by atoms with Gasteiger partial charge in [-0.2, -0.15) is 0 Å². The van der Waals surface area contributed by atoms with Crippen molar-refractivity contribution in [3.05, 3.63) is 65.0 Å². The van der Waals surface area contributed by atoms with E-state index in [2.05, 4.69) is 15.9 Å². The highest BCUT2D eigenvalue weighted by Gasteiger charge is 2.17. The average molecular weight is 355 g/mol. The highest BCUT2D eigenvalue weighted by atomic mass is 79.9. The summed E-state index contributed by atoms with van der Waals surface area (Å²) in [6.45, 7) is 0. The second-order valence-electron chi connectivity index (χ2n) is 5.07. The molecule has 4 nitrogen and oxygen atoms in total. The molecule has 4 aromatic rings. The van der Waals surface area contributed by atoms with Crippen molar-refractivity contribution in [3.63, 3.8) is 0 Å². The number of nitrogens with zero attached hydrogens (tertiary/aromatic N) is 1. The van der Waals surface area contributed by atoms with Crippen LogP contribution >= 0.6 is 15.9 Å². The van der Waals surface area contributed by atoms with Crippen LogP contribution in [-0.2, 0) is 0 Å². The Hall–Kier alpha value is -2.53. The van der Waals surface area contributed by atoms with Gasteiger partial charge in [0.05, 0.1) is 11.2 Å². The van der Waals surface area contributed by atoms with Crippen LogP contribution in [-0.4, -0.2) is 10.5 Å². The van der Waals surface area contributed by atoms with Gasteiger partial charge >= 0.3 is 0 Å². The molecule has 0 bridgehead atoms. The van der Waals surface area contributed by atoms with Gasteiger partial charge in [-0.1, -0.05) is 34.1 Å². The predicted octanol–water partition coefficient (Wildman–Crippen LogP) is 4.42. The van der Waals surface area contributed by atoms with E-state index in [4.69, 9.17) is 10.2 Å². The zero-order valence-electron chi connectivity index (χ0n) is 11.4. The van der Waals surface area contributed by atoms with Crippen molar-refractivity contribution < 1.29 is 9.21 Å². The summed E-state index contributed by atoms with van der Waals surface area (Å²) in [6, 6.07) is 14.9. The Morgan fingerprint density at radius 2 is 1.95 bits per heavy atom. The summed E-state index contributed by atoms with van der Waals surface area (Å²) >= 11 is 3.39. The molecule has 0 spiro atoms. The topological polar surface area (TPSA) is 61.2 Å². The first-order valence-corrected chi connectivity index (χ1v) is 7.52. The van der Waals surface area contributed by atoms with Crippen molar-refractivity contribution in [2.24, 2.45) is 0 Å². The Bertz CT molecular complexity index is 1030. The Kier molecular flexibility index (Phi) is 2.84. The summed E-state index contributed by atoms with van der Waals surface area (Å²) in [5.41, 5.74) is 7.99. The number of benzene rings is 2. The summed E-state index contributed by atoms with van der Waals surface area (Å²) in [7, 11) is 0. The molecule has 108 valence electrons. The minimum Gasteiger partial charge on any atom is -0.451 e. The fraction of sp³-hybridized carbons (Fsp3) is 0. The molecule has 0 saturated heterocycles. The van der Waals surface area contributed by atoms with Gasteiger partial charge in [0.2, 0.25) is 0 Å². The number of nitrogens with two attached hydrogens (primary N) is 1. The molecule has 0 unspecified atom stereocenters. The fourth-order valence-electron chi connectivity index (χ4n) is 2.60. The minimum absolute atomic E-state index is 0.236.